The Kier molecular flexibility index (Phi) is 8.56. The van der Waals surface area contributed by atoms with Crippen LogP contribution in [0, 0.1) is 10.1 Å². The molecule has 33 heavy (non-hydrogen) atoms. The minimum Gasteiger partial charge on any atom is -0.493 e. The number of benzene rings is 3. The van der Waals surface area contributed by atoms with Crippen molar-refractivity contribution in [2.45, 2.75) is 13.0 Å². The van der Waals surface area contributed by atoms with Gasteiger partial charge in [-0.25, -0.2) is 5.43 Å². The van der Waals surface area contributed by atoms with Gasteiger partial charge in [0.05, 0.1) is 29.1 Å². The highest BCUT2D eigenvalue weighted by Crippen LogP contribution is 2.37. The molecule has 0 radical (unpaired) electrons. The molecule has 0 aromatic heterocycles. The van der Waals surface area contributed by atoms with Crippen LogP contribution < -0.4 is 14.9 Å². The summed E-state index contributed by atoms with van der Waals surface area (Å²) in [5, 5.41) is 14.7. The molecule has 8 nitrogen and oxygen atoms in total. The third kappa shape index (κ3) is 7.13. The van der Waals surface area contributed by atoms with E-state index in [9.17, 15) is 14.9 Å². The van der Waals surface area contributed by atoms with Crippen LogP contribution in [0.15, 0.2) is 74.7 Å². The Bertz CT molecular complexity index is 1170. The second-order valence-corrected chi connectivity index (χ2v) is 8.61. The maximum absolute atomic E-state index is 12.1. The van der Waals surface area contributed by atoms with Crippen molar-refractivity contribution in [2.75, 3.05) is 7.11 Å². The van der Waals surface area contributed by atoms with Gasteiger partial charge in [0.2, 0.25) is 5.91 Å². The summed E-state index contributed by atoms with van der Waals surface area (Å²) in [5.74, 6) is 0.723. The average molecular weight is 577 g/mol. The minimum absolute atomic E-state index is 0.0269. The molecular formula is C23H19Br2N3O5. The third-order valence-corrected chi connectivity index (χ3v) is 5.58. The number of carbonyl (C=O) groups is 1. The van der Waals surface area contributed by atoms with E-state index in [1.165, 1.54) is 30.5 Å². The van der Waals surface area contributed by atoms with Crippen molar-refractivity contribution in [3.8, 4) is 11.5 Å². The van der Waals surface area contributed by atoms with Crippen molar-refractivity contribution in [3.05, 3.63) is 96.4 Å². The Balaban J connectivity index is 1.60. The molecule has 0 saturated heterocycles. The van der Waals surface area contributed by atoms with Gasteiger partial charge in [-0.3, -0.25) is 14.9 Å². The summed E-state index contributed by atoms with van der Waals surface area (Å²) >= 11 is 6.90. The van der Waals surface area contributed by atoms with E-state index < -0.39 is 4.92 Å². The van der Waals surface area contributed by atoms with Crippen LogP contribution in [0.4, 0.5) is 5.69 Å². The lowest BCUT2D eigenvalue weighted by Gasteiger charge is -2.13. The first kappa shape index (κ1) is 24.4. The number of carbonyl (C=O) groups excluding carboxylic acids is 1. The zero-order chi connectivity index (χ0) is 23.8. The molecular weight excluding hydrogens is 558 g/mol. The van der Waals surface area contributed by atoms with Crippen molar-refractivity contribution < 1.29 is 19.2 Å². The second-order valence-electron chi connectivity index (χ2n) is 6.84. The number of nitrogens with zero attached hydrogens (tertiary/aromatic N) is 2. The van der Waals surface area contributed by atoms with E-state index in [-0.39, 0.29) is 18.0 Å². The number of methoxy groups -OCH3 is 1. The molecule has 3 aromatic rings. The number of hydrazone groups is 1. The first-order valence-corrected chi connectivity index (χ1v) is 11.2. The molecule has 0 saturated carbocycles. The van der Waals surface area contributed by atoms with Crippen LogP contribution in [0.25, 0.3) is 0 Å². The molecule has 10 heteroatoms. The van der Waals surface area contributed by atoms with Crippen molar-refractivity contribution in [2.24, 2.45) is 5.10 Å². The largest absolute Gasteiger partial charge is 0.493 e. The zero-order valence-electron chi connectivity index (χ0n) is 17.5. The lowest BCUT2D eigenvalue weighted by atomic mass is 10.1. The summed E-state index contributed by atoms with van der Waals surface area (Å²) in [6.07, 6.45) is 1.53. The predicted molar refractivity (Wildman–Crippen MR) is 132 cm³/mol. The smallest absolute Gasteiger partial charge is 0.269 e. The van der Waals surface area contributed by atoms with Gasteiger partial charge in [0.25, 0.3) is 5.69 Å². The summed E-state index contributed by atoms with van der Waals surface area (Å²) in [5.41, 5.74) is 4.76. The van der Waals surface area contributed by atoms with Gasteiger partial charge in [-0.2, -0.15) is 5.10 Å². The van der Waals surface area contributed by atoms with E-state index in [1.807, 2.05) is 24.3 Å². The summed E-state index contributed by atoms with van der Waals surface area (Å²) in [7, 11) is 1.54. The van der Waals surface area contributed by atoms with Crippen LogP contribution in [0.3, 0.4) is 0 Å². The van der Waals surface area contributed by atoms with E-state index in [1.54, 1.807) is 19.2 Å². The molecule has 0 atom stereocenters. The molecule has 0 heterocycles. The van der Waals surface area contributed by atoms with Gasteiger partial charge in [-0.05, 0) is 56.9 Å². The number of non-ortho nitro benzene ring substituents is 1. The Hall–Kier alpha value is -3.24. The van der Waals surface area contributed by atoms with E-state index in [2.05, 4.69) is 42.4 Å². The van der Waals surface area contributed by atoms with E-state index in [4.69, 9.17) is 9.47 Å². The fourth-order valence-corrected chi connectivity index (χ4v) is 3.67. The molecule has 0 bridgehead atoms. The molecule has 0 fully saturated rings. The van der Waals surface area contributed by atoms with Gasteiger partial charge in [-0.1, -0.05) is 40.2 Å². The number of hydrogen-bond acceptors (Lipinski definition) is 6. The molecule has 0 aliphatic rings. The zero-order valence-corrected chi connectivity index (χ0v) is 20.6. The van der Waals surface area contributed by atoms with Crippen molar-refractivity contribution in [3.63, 3.8) is 0 Å². The van der Waals surface area contributed by atoms with Crippen molar-refractivity contribution in [1.82, 2.24) is 5.43 Å². The van der Waals surface area contributed by atoms with Gasteiger partial charge in [-0.15, -0.1) is 0 Å². The summed E-state index contributed by atoms with van der Waals surface area (Å²) in [6.45, 7) is 0.369. The quantitative estimate of drug-likeness (QED) is 0.209. The Labute approximate surface area is 207 Å². The first-order valence-electron chi connectivity index (χ1n) is 9.65. The molecule has 0 aliphatic heterocycles. The first-order chi connectivity index (χ1) is 15.9. The number of nitro groups is 1. The Morgan fingerprint density at radius 2 is 1.76 bits per heavy atom. The number of nitrogens with one attached hydrogen (secondary N) is 1. The van der Waals surface area contributed by atoms with Crippen LogP contribution >= 0.6 is 31.9 Å². The lowest BCUT2D eigenvalue weighted by molar-refractivity contribution is -0.384. The normalized spacial score (nSPS) is 10.8. The standard InChI is InChI=1S/C23H19Br2N3O5/c1-32-21-11-17(10-20(25)23(21)33-14-16-2-6-18(24)7-3-16)13-26-27-22(29)12-15-4-8-19(9-5-15)28(30)31/h2-11,13H,12,14H2,1H3,(H,27,29)/b26-13-. The predicted octanol–water partition coefficient (Wildman–Crippen LogP) is 5.40. The summed E-state index contributed by atoms with van der Waals surface area (Å²) in [6, 6.07) is 17.1. The summed E-state index contributed by atoms with van der Waals surface area (Å²) < 4.78 is 13.0. The molecule has 1 N–H and O–H groups in total. The topological polar surface area (TPSA) is 103 Å². The Morgan fingerprint density at radius 3 is 2.39 bits per heavy atom. The van der Waals surface area contributed by atoms with E-state index in [0.717, 1.165) is 10.0 Å². The van der Waals surface area contributed by atoms with Gasteiger partial charge in [0.1, 0.15) is 6.61 Å². The minimum atomic E-state index is -0.488. The van der Waals surface area contributed by atoms with E-state index >= 15 is 0 Å². The highest BCUT2D eigenvalue weighted by atomic mass is 79.9. The van der Waals surface area contributed by atoms with Gasteiger partial charge in [0.15, 0.2) is 11.5 Å². The fraction of sp³-hybridized carbons (Fsp3) is 0.130. The Morgan fingerprint density at radius 1 is 1.09 bits per heavy atom. The van der Waals surface area contributed by atoms with Crippen LogP contribution in [0.2, 0.25) is 0 Å². The molecule has 0 aliphatic carbocycles. The van der Waals surface area contributed by atoms with Gasteiger partial charge < -0.3 is 9.47 Å². The maximum atomic E-state index is 12.1. The SMILES string of the molecule is COc1cc(/C=N\NC(=O)Cc2ccc([N+](=O)[O-])cc2)cc(Br)c1OCc1ccc(Br)cc1. The molecule has 0 spiro atoms. The van der Waals surface area contributed by atoms with Crippen molar-refractivity contribution in [1.29, 1.82) is 0 Å². The molecule has 1 amide bonds. The lowest BCUT2D eigenvalue weighted by Crippen LogP contribution is -2.19. The molecule has 0 unspecified atom stereocenters. The highest BCUT2D eigenvalue weighted by molar-refractivity contribution is 9.10. The molecule has 3 rings (SSSR count). The summed E-state index contributed by atoms with van der Waals surface area (Å²) in [4.78, 5) is 22.3. The number of nitro benzene ring substituents is 1. The number of halogens is 2. The number of amides is 1. The average Bonchev–Trinajstić information content (AvgIpc) is 2.79. The maximum Gasteiger partial charge on any atom is 0.269 e. The van der Waals surface area contributed by atoms with Crippen LogP contribution in [0.5, 0.6) is 11.5 Å². The number of rotatable bonds is 9. The van der Waals surface area contributed by atoms with Crippen LogP contribution in [0.1, 0.15) is 16.7 Å². The molecule has 3 aromatic carbocycles. The second kappa shape index (κ2) is 11.6. The fourth-order valence-electron chi connectivity index (χ4n) is 2.83. The molecule has 170 valence electrons. The van der Waals surface area contributed by atoms with Crippen LogP contribution in [-0.4, -0.2) is 24.2 Å². The van der Waals surface area contributed by atoms with Gasteiger partial charge >= 0.3 is 0 Å². The van der Waals surface area contributed by atoms with Crippen LogP contribution in [-0.2, 0) is 17.8 Å². The third-order valence-electron chi connectivity index (χ3n) is 4.46. The number of ether oxygens (including phenoxy) is 2. The monoisotopic (exact) mass is 575 g/mol. The van der Waals surface area contributed by atoms with Crippen molar-refractivity contribution >= 4 is 49.7 Å². The van der Waals surface area contributed by atoms with E-state index in [0.29, 0.717) is 33.7 Å². The van der Waals surface area contributed by atoms with Gasteiger partial charge in [0, 0.05) is 16.6 Å². The number of hydrogen-bond donors (Lipinski definition) is 1. The highest BCUT2D eigenvalue weighted by Gasteiger charge is 2.12.